The number of benzene rings is 1. The summed E-state index contributed by atoms with van der Waals surface area (Å²) in [7, 11) is 1.60. The van der Waals surface area contributed by atoms with Gasteiger partial charge in [0.15, 0.2) is 0 Å². The third kappa shape index (κ3) is 4.75. The third-order valence-corrected chi connectivity index (χ3v) is 7.20. The molecule has 2 fully saturated rings. The van der Waals surface area contributed by atoms with Crippen LogP contribution in [-0.2, 0) is 17.8 Å². The number of nitrogens with zero attached hydrogens (tertiary/aromatic N) is 4. The molecule has 1 N–H and O–H groups in total. The second-order valence-electron chi connectivity index (χ2n) is 9.82. The van der Waals surface area contributed by atoms with Crippen molar-refractivity contribution in [2.75, 3.05) is 25.1 Å². The first-order valence-corrected chi connectivity index (χ1v) is 12.4. The summed E-state index contributed by atoms with van der Waals surface area (Å²) in [4.78, 5) is 29.3. The van der Waals surface area contributed by atoms with Crippen LogP contribution in [-0.4, -0.2) is 52.7 Å². The normalized spacial score (nSPS) is 21.1. The highest BCUT2D eigenvalue weighted by Crippen LogP contribution is 2.30. The van der Waals surface area contributed by atoms with Gasteiger partial charge in [0.1, 0.15) is 5.75 Å². The highest BCUT2D eigenvalue weighted by Gasteiger charge is 2.34. The lowest BCUT2D eigenvalue weighted by atomic mass is 9.88. The van der Waals surface area contributed by atoms with Crippen LogP contribution in [0.1, 0.15) is 42.9 Å². The monoisotopic (exact) mass is 475 g/mol. The molecule has 2 atom stereocenters. The van der Waals surface area contributed by atoms with Gasteiger partial charge >= 0.3 is 6.03 Å². The van der Waals surface area contributed by atoms with Gasteiger partial charge in [-0.3, -0.25) is 14.6 Å². The molecule has 8 nitrogen and oxygen atoms in total. The van der Waals surface area contributed by atoms with Crippen molar-refractivity contribution in [1.82, 2.24) is 19.8 Å². The van der Waals surface area contributed by atoms with Gasteiger partial charge in [0.05, 0.1) is 31.1 Å². The summed E-state index contributed by atoms with van der Waals surface area (Å²) >= 11 is 0. The van der Waals surface area contributed by atoms with Crippen molar-refractivity contribution in [2.24, 2.45) is 5.92 Å². The molecule has 2 aliphatic rings. The molecular weight excluding hydrogens is 442 g/mol. The van der Waals surface area contributed by atoms with Crippen molar-refractivity contribution in [3.8, 4) is 5.75 Å². The van der Waals surface area contributed by atoms with Crippen LogP contribution >= 0.6 is 0 Å². The number of carbonyl (C=O) groups excluding carboxylic acids is 2. The van der Waals surface area contributed by atoms with Crippen LogP contribution < -0.4 is 15.0 Å². The van der Waals surface area contributed by atoms with Crippen LogP contribution in [0, 0.1) is 12.8 Å². The molecule has 2 aliphatic heterocycles. The minimum Gasteiger partial charge on any atom is -0.496 e. The van der Waals surface area contributed by atoms with E-state index in [1.54, 1.807) is 22.7 Å². The number of hydrogen-bond donors (Lipinski definition) is 1. The number of urea groups is 1. The van der Waals surface area contributed by atoms with Gasteiger partial charge in [-0.15, -0.1) is 0 Å². The van der Waals surface area contributed by atoms with E-state index in [2.05, 4.69) is 29.5 Å². The number of nitrogens with one attached hydrogen (secondary N) is 1. The summed E-state index contributed by atoms with van der Waals surface area (Å²) in [5.74, 6) is 1.15. The Morgan fingerprint density at radius 1 is 1.20 bits per heavy atom. The van der Waals surface area contributed by atoms with Crippen LogP contribution in [0.15, 0.2) is 42.7 Å². The van der Waals surface area contributed by atoms with Crippen molar-refractivity contribution in [3.63, 3.8) is 0 Å². The van der Waals surface area contributed by atoms with E-state index in [9.17, 15) is 9.59 Å². The maximum atomic E-state index is 13.5. The van der Waals surface area contributed by atoms with Crippen LogP contribution in [0.4, 0.5) is 10.5 Å². The average molecular weight is 476 g/mol. The van der Waals surface area contributed by atoms with E-state index in [4.69, 9.17) is 4.74 Å². The standard InChI is InChI=1S/C27H33N5O3/c1-18-4-5-22(25(12-18)35-3)17-31-26(33)8-10-30(27(31)34)24-16-29-32-11-7-21(15-23(24)32)14-20-6-9-28-19(2)13-20/h4-5,7,11-12,15-16,19-20,28H,6,8-10,13-14,17H2,1-3H3/t19-,20+/m0/s1. The largest absolute Gasteiger partial charge is 0.496 e. The van der Waals surface area contributed by atoms with Crippen molar-refractivity contribution in [3.05, 3.63) is 59.4 Å². The molecule has 0 bridgehead atoms. The Labute approximate surface area is 205 Å². The predicted molar refractivity (Wildman–Crippen MR) is 135 cm³/mol. The molecule has 2 aromatic heterocycles. The maximum absolute atomic E-state index is 13.5. The number of hydrogen-bond acceptors (Lipinski definition) is 5. The number of piperidine rings is 1. The van der Waals surface area contributed by atoms with Gasteiger partial charge in [-0.1, -0.05) is 12.1 Å². The zero-order valence-corrected chi connectivity index (χ0v) is 20.7. The summed E-state index contributed by atoms with van der Waals surface area (Å²) in [5, 5.41) is 8.00. The number of methoxy groups -OCH3 is 1. The Morgan fingerprint density at radius 3 is 2.86 bits per heavy atom. The number of pyridine rings is 1. The van der Waals surface area contributed by atoms with Gasteiger partial charge in [-0.05, 0) is 74.9 Å². The van der Waals surface area contributed by atoms with Gasteiger partial charge in [0.2, 0.25) is 5.91 Å². The Balaban J connectivity index is 1.40. The molecule has 5 rings (SSSR count). The third-order valence-electron chi connectivity index (χ3n) is 7.20. The van der Waals surface area contributed by atoms with E-state index in [0.717, 1.165) is 35.3 Å². The van der Waals surface area contributed by atoms with E-state index in [1.165, 1.54) is 23.3 Å². The molecule has 0 unspecified atom stereocenters. The van der Waals surface area contributed by atoms with Crippen molar-refractivity contribution < 1.29 is 14.3 Å². The molecule has 0 saturated carbocycles. The Morgan fingerprint density at radius 2 is 2.06 bits per heavy atom. The van der Waals surface area contributed by atoms with E-state index in [-0.39, 0.29) is 24.9 Å². The molecular formula is C27H33N5O3. The van der Waals surface area contributed by atoms with Gasteiger partial charge < -0.3 is 10.1 Å². The number of aryl methyl sites for hydroxylation is 1. The van der Waals surface area contributed by atoms with Crippen LogP contribution in [0.25, 0.3) is 5.52 Å². The van der Waals surface area contributed by atoms with Crippen molar-refractivity contribution >= 4 is 23.1 Å². The fraction of sp³-hybridized carbons (Fsp3) is 0.444. The quantitative estimate of drug-likeness (QED) is 0.584. The molecule has 0 aliphatic carbocycles. The number of rotatable bonds is 6. The van der Waals surface area contributed by atoms with Crippen molar-refractivity contribution in [2.45, 2.75) is 52.1 Å². The SMILES string of the molecule is COc1cc(C)ccc1CN1C(=O)CCN(c2cnn3ccc(C[C@@H]4CCN[C@@H](C)C4)cc23)C1=O. The Bertz CT molecular complexity index is 1250. The second kappa shape index (κ2) is 9.70. The fourth-order valence-electron chi connectivity index (χ4n) is 5.32. The summed E-state index contributed by atoms with van der Waals surface area (Å²) in [5.41, 5.74) is 4.74. The lowest BCUT2D eigenvalue weighted by Crippen LogP contribution is -2.52. The first kappa shape index (κ1) is 23.4. The molecule has 1 aromatic carbocycles. The first-order chi connectivity index (χ1) is 16.9. The number of aromatic nitrogens is 2. The average Bonchev–Trinajstić information content (AvgIpc) is 3.25. The summed E-state index contributed by atoms with van der Waals surface area (Å²) in [6.45, 7) is 5.80. The molecule has 0 spiro atoms. The molecule has 3 amide bonds. The highest BCUT2D eigenvalue weighted by molar-refractivity contribution is 6.07. The van der Waals surface area contributed by atoms with E-state index in [1.807, 2.05) is 31.3 Å². The number of ether oxygens (including phenoxy) is 1. The Hall–Kier alpha value is -3.39. The van der Waals surface area contributed by atoms with E-state index >= 15 is 0 Å². The molecule has 3 aromatic rings. The van der Waals surface area contributed by atoms with Crippen LogP contribution in [0.3, 0.4) is 0 Å². The smallest absolute Gasteiger partial charge is 0.331 e. The molecule has 0 radical (unpaired) electrons. The zero-order valence-electron chi connectivity index (χ0n) is 20.7. The minimum absolute atomic E-state index is 0.175. The number of anilines is 1. The minimum atomic E-state index is -0.323. The zero-order chi connectivity index (χ0) is 24.5. The topological polar surface area (TPSA) is 79.2 Å². The van der Waals surface area contributed by atoms with Crippen LogP contribution in [0.5, 0.6) is 5.75 Å². The number of imide groups is 1. The number of amides is 3. The van der Waals surface area contributed by atoms with Gasteiger partial charge in [0, 0.05) is 30.8 Å². The summed E-state index contributed by atoms with van der Waals surface area (Å²) in [6, 6.07) is 10.3. The Kier molecular flexibility index (Phi) is 6.47. The molecule has 8 heteroatoms. The predicted octanol–water partition coefficient (Wildman–Crippen LogP) is 3.94. The van der Waals surface area contributed by atoms with E-state index in [0.29, 0.717) is 24.3 Å². The first-order valence-electron chi connectivity index (χ1n) is 12.4. The second-order valence-corrected chi connectivity index (χ2v) is 9.82. The number of carbonyl (C=O) groups is 2. The van der Waals surface area contributed by atoms with Crippen molar-refractivity contribution in [1.29, 1.82) is 0 Å². The highest BCUT2D eigenvalue weighted by atomic mass is 16.5. The summed E-state index contributed by atoms with van der Waals surface area (Å²) in [6.07, 6.45) is 7.31. The molecule has 184 valence electrons. The molecule has 4 heterocycles. The maximum Gasteiger partial charge on any atom is 0.331 e. The number of fused-ring (bicyclic) bond motifs is 1. The lowest BCUT2D eigenvalue weighted by Gasteiger charge is -2.34. The van der Waals surface area contributed by atoms with E-state index < -0.39 is 0 Å². The molecule has 2 saturated heterocycles. The summed E-state index contributed by atoms with van der Waals surface area (Å²) < 4.78 is 7.30. The van der Waals surface area contributed by atoms with Gasteiger partial charge in [-0.25, -0.2) is 9.31 Å². The van der Waals surface area contributed by atoms with Crippen LogP contribution in [0.2, 0.25) is 0 Å². The van der Waals surface area contributed by atoms with Gasteiger partial charge in [-0.2, -0.15) is 5.10 Å². The lowest BCUT2D eigenvalue weighted by molar-refractivity contribution is -0.129. The fourth-order valence-corrected chi connectivity index (χ4v) is 5.32. The molecule has 35 heavy (non-hydrogen) atoms. The van der Waals surface area contributed by atoms with Gasteiger partial charge in [0.25, 0.3) is 0 Å².